The summed E-state index contributed by atoms with van der Waals surface area (Å²) in [6, 6.07) is 11.4. The van der Waals surface area contributed by atoms with E-state index < -0.39 is 6.04 Å². The number of oxazole rings is 1. The Morgan fingerprint density at radius 2 is 1.82 bits per heavy atom. The second-order valence-electron chi connectivity index (χ2n) is 10.1. The SMILES string of the molecule is CC.CCC.Cn1c2c(c3ccc(F)cc31)CN(c1ccc3oc(N4CCOCC4)nc3c1)CC2.O=CNC(C=O)CSO. The molecule has 4 heterocycles. The fourth-order valence-corrected chi connectivity index (χ4v) is 5.39. The van der Waals surface area contributed by atoms with E-state index in [1.807, 2.05) is 33.0 Å². The maximum Gasteiger partial charge on any atom is 0.298 e. The highest BCUT2D eigenvalue weighted by atomic mass is 32.2. The predicted octanol–water partition coefficient (Wildman–Crippen LogP) is 5.81. The smallest absolute Gasteiger partial charge is 0.298 e. The zero-order valence-electron chi connectivity index (χ0n) is 26.2. The number of hydrogen-bond donors (Lipinski definition) is 2. The van der Waals surface area contributed by atoms with Crippen molar-refractivity contribution in [2.45, 2.75) is 53.1 Å². The van der Waals surface area contributed by atoms with E-state index in [1.54, 1.807) is 12.1 Å². The van der Waals surface area contributed by atoms with Gasteiger partial charge < -0.3 is 38.2 Å². The summed E-state index contributed by atoms with van der Waals surface area (Å²) in [5.74, 6) is 0.00672. The van der Waals surface area contributed by atoms with Gasteiger partial charge in [0.1, 0.15) is 17.6 Å². The van der Waals surface area contributed by atoms with Crippen LogP contribution in [0.15, 0.2) is 40.8 Å². The van der Waals surface area contributed by atoms with Crippen molar-refractivity contribution < 1.29 is 27.7 Å². The highest BCUT2D eigenvalue weighted by Crippen LogP contribution is 2.34. The van der Waals surface area contributed by atoms with Crippen molar-refractivity contribution in [3.8, 4) is 0 Å². The number of aldehydes is 1. The number of morpholine rings is 1. The number of aromatic nitrogens is 2. The topological polar surface area (TPSA) is 113 Å². The molecule has 2 aliphatic rings. The van der Waals surface area contributed by atoms with E-state index >= 15 is 0 Å². The maximum atomic E-state index is 13.8. The van der Waals surface area contributed by atoms with E-state index in [0.717, 1.165) is 60.3 Å². The number of carbonyl (C=O) groups is 2. The van der Waals surface area contributed by atoms with Gasteiger partial charge in [-0.1, -0.05) is 34.1 Å². The van der Waals surface area contributed by atoms with E-state index in [0.29, 0.717) is 44.0 Å². The van der Waals surface area contributed by atoms with Crippen molar-refractivity contribution in [2.24, 2.45) is 7.05 Å². The Hall–Kier alpha value is -3.61. The normalized spacial score (nSPS) is 14.7. The first-order valence-corrected chi connectivity index (χ1v) is 16.0. The van der Waals surface area contributed by atoms with Crippen LogP contribution in [-0.2, 0) is 34.3 Å². The molecule has 2 aliphatic heterocycles. The summed E-state index contributed by atoms with van der Waals surface area (Å²) < 4.78 is 35.5. The fraction of sp³-hybridized carbons (Fsp3) is 0.469. The minimum absolute atomic E-state index is 0.190. The molecule has 2 aromatic heterocycles. The molecular weight excluding hydrogens is 585 g/mol. The predicted molar refractivity (Wildman–Crippen MR) is 176 cm³/mol. The largest absolute Gasteiger partial charge is 0.423 e. The summed E-state index contributed by atoms with van der Waals surface area (Å²) in [5, 5.41) is 3.34. The molecule has 240 valence electrons. The van der Waals surface area contributed by atoms with Crippen LogP contribution in [-0.4, -0.2) is 71.4 Å². The fourth-order valence-electron chi connectivity index (χ4n) is 5.05. The lowest BCUT2D eigenvalue weighted by Crippen LogP contribution is -2.36. The highest BCUT2D eigenvalue weighted by molar-refractivity contribution is 7.93. The Balaban J connectivity index is 0.000000322. The molecule has 12 heteroatoms. The Bertz CT molecular complexity index is 1490. The van der Waals surface area contributed by atoms with E-state index in [9.17, 15) is 14.0 Å². The molecule has 2 aromatic carbocycles. The average Bonchev–Trinajstić information content (AvgIpc) is 3.61. The van der Waals surface area contributed by atoms with Crippen LogP contribution in [0.3, 0.4) is 0 Å². The van der Waals surface area contributed by atoms with Gasteiger partial charge in [-0.15, -0.1) is 0 Å². The van der Waals surface area contributed by atoms with Gasteiger partial charge in [-0.05, 0) is 48.4 Å². The van der Waals surface area contributed by atoms with Gasteiger partial charge in [-0.25, -0.2) is 4.39 Å². The van der Waals surface area contributed by atoms with Crippen molar-refractivity contribution in [3.05, 3.63) is 53.5 Å². The van der Waals surface area contributed by atoms with Crippen molar-refractivity contribution >= 4 is 58.4 Å². The Morgan fingerprint density at radius 3 is 2.48 bits per heavy atom. The number of ether oxygens (including phenoxy) is 1. The van der Waals surface area contributed by atoms with Gasteiger partial charge in [0, 0.05) is 67.7 Å². The number of anilines is 2. The molecule has 1 saturated heterocycles. The van der Waals surface area contributed by atoms with E-state index in [2.05, 4.69) is 45.7 Å². The first kappa shape index (κ1) is 34.9. The third kappa shape index (κ3) is 8.52. The Labute approximate surface area is 262 Å². The quantitative estimate of drug-likeness (QED) is 0.193. The number of benzene rings is 2. The van der Waals surface area contributed by atoms with Crippen molar-refractivity contribution in [1.29, 1.82) is 0 Å². The summed E-state index contributed by atoms with van der Waals surface area (Å²) >= 11 is 0.522. The second kappa shape index (κ2) is 17.6. The molecule has 1 atom stereocenters. The van der Waals surface area contributed by atoms with Gasteiger partial charge in [-0.2, -0.15) is 4.98 Å². The number of halogens is 1. The van der Waals surface area contributed by atoms with Crippen LogP contribution in [0, 0.1) is 5.82 Å². The minimum atomic E-state index is -0.572. The first-order valence-electron chi connectivity index (χ1n) is 15.1. The van der Waals surface area contributed by atoms with Crippen molar-refractivity contribution in [2.75, 3.05) is 48.4 Å². The molecular formula is C32H44FN5O5S. The number of rotatable bonds is 7. The molecule has 0 radical (unpaired) electrons. The summed E-state index contributed by atoms with van der Waals surface area (Å²) in [7, 11) is 2.03. The lowest BCUT2D eigenvalue weighted by molar-refractivity contribution is -0.114. The molecule has 10 nitrogen and oxygen atoms in total. The first-order chi connectivity index (χ1) is 21.4. The van der Waals surface area contributed by atoms with E-state index in [1.165, 1.54) is 17.7 Å². The van der Waals surface area contributed by atoms with Gasteiger partial charge in [0.15, 0.2) is 5.58 Å². The summed E-state index contributed by atoms with van der Waals surface area (Å²) in [4.78, 5) is 28.9. The maximum absolute atomic E-state index is 13.8. The zero-order valence-corrected chi connectivity index (χ0v) is 27.0. The van der Waals surface area contributed by atoms with Gasteiger partial charge >= 0.3 is 0 Å². The summed E-state index contributed by atoms with van der Waals surface area (Å²) in [6.07, 6.45) is 3.17. The Kier molecular flexibility index (Phi) is 14.0. The molecule has 1 amide bonds. The number of aryl methyl sites for hydroxylation is 1. The molecule has 44 heavy (non-hydrogen) atoms. The van der Waals surface area contributed by atoms with Crippen LogP contribution in [0.4, 0.5) is 16.1 Å². The van der Waals surface area contributed by atoms with Gasteiger partial charge in [0.2, 0.25) is 6.41 Å². The molecule has 1 unspecified atom stereocenters. The standard InChI is InChI=1S/C23H23FN4O2.C4H7NO3S.C3H8.C2H6/c1-26-20-6-7-28(14-18(20)17-4-2-15(24)12-21(17)26)16-3-5-22-19(13-16)25-23(30-22)27-8-10-29-11-9-27;6-1-4(2-9-8)5-3-7;1-3-2;1-2/h2-5,12-13H,6-11,14H2,1H3;1,3-4,8H,2H2,(H,5,7);3H2,1-2H3;1-2H3. The number of hydrogen-bond acceptors (Lipinski definition) is 9. The van der Waals surface area contributed by atoms with Crippen LogP contribution in [0.2, 0.25) is 0 Å². The van der Waals surface area contributed by atoms with Crippen molar-refractivity contribution in [1.82, 2.24) is 14.9 Å². The molecule has 4 aromatic rings. The monoisotopic (exact) mass is 629 g/mol. The van der Waals surface area contributed by atoms with Crippen LogP contribution in [0.25, 0.3) is 22.0 Å². The molecule has 0 bridgehead atoms. The number of nitrogens with one attached hydrogen (secondary N) is 1. The molecule has 6 rings (SSSR count). The van der Waals surface area contributed by atoms with Gasteiger partial charge in [-0.3, -0.25) is 4.79 Å². The summed E-state index contributed by atoms with van der Waals surface area (Å²) in [6.45, 7) is 13.0. The average molecular weight is 630 g/mol. The highest BCUT2D eigenvalue weighted by Gasteiger charge is 2.24. The van der Waals surface area contributed by atoms with Crippen LogP contribution >= 0.6 is 12.0 Å². The Morgan fingerprint density at radius 1 is 1.09 bits per heavy atom. The molecule has 0 saturated carbocycles. The number of amides is 1. The molecule has 2 N–H and O–H groups in total. The number of nitrogens with zero attached hydrogens (tertiary/aromatic N) is 4. The van der Waals surface area contributed by atoms with Crippen LogP contribution < -0.4 is 15.1 Å². The zero-order chi connectivity index (χ0) is 32.1. The van der Waals surface area contributed by atoms with Gasteiger partial charge in [0.25, 0.3) is 6.01 Å². The van der Waals surface area contributed by atoms with Crippen molar-refractivity contribution in [3.63, 3.8) is 0 Å². The minimum Gasteiger partial charge on any atom is -0.423 e. The van der Waals surface area contributed by atoms with E-state index in [-0.39, 0.29) is 11.6 Å². The third-order valence-corrected chi connectivity index (χ3v) is 7.58. The van der Waals surface area contributed by atoms with Crippen LogP contribution in [0.5, 0.6) is 0 Å². The second-order valence-corrected chi connectivity index (χ2v) is 10.7. The lowest BCUT2D eigenvalue weighted by Gasteiger charge is -2.29. The van der Waals surface area contributed by atoms with Gasteiger partial charge in [0.05, 0.1) is 24.8 Å². The molecule has 0 aliphatic carbocycles. The number of fused-ring (bicyclic) bond motifs is 4. The van der Waals surface area contributed by atoms with E-state index in [4.69, 9.17) is 18.7 Å². The lowest BCUT2D eigenvalue weighted by atomic mass is 10.0. The number of carbonyl (C=O) groups excluding carboxylic acids is 2. The third-order valence-electron chi connectivity index (χ3n) is 7.07. The summed E-state index contributed by atoms with van der Waals surface area (Å²) in [5.41, 5.74) is 6.35. The molecule has 0 spiro atoms. The molecule has 1 fully saturated rings. The van der Waals surface area contributed by atoms with Crippen LogP contribution in [0.1, 0.15) is 45.4 Å².